The van der Waals surface area contributed by atoms with Gasteiger partial charge >= 0.3 is 0 Å². The average molecular weight is 274 g/mol. The number of nitrogens with zero attached hydrogens (tertiary/aromatic N) is 3. The van der Waals surface area contributed by atoms with E-state index in [9.17, 15) is 4.39 Å². The average Bonchev–Trinajstić information content (AvgIpc) is 2.46. The minimum absolute atomic E-state index is 0.312. The highest BCUT2D eigenvalue weighted by atomic mass is 19.1. The fraction of sp³-hybridized carbons (Fsp3) is 0.333. The topological polar surface area (TPSA) is 41.1 Å². The highest BCUT2D eigenvalue weighted by molar-refractivity contribution is 5.46. The first-order valence-corrected chi connectivity index (χ1v) is 6.67. The second-order valence-corrected chi connectivity index (χ2v) is 4.59. The van der Waals surface area contributed by atoms with E-state index in [0.717, 1.165) is 23.6 Å². The van der Waals surface area contributed by atoms with Gasteiger partial charge in [0.1, 0.15) is 11.6 Å². The summed E-state index contributed by atoms with van der Waals surface area (Å²) in [5, 5.41) is 3.20. The van der Waals surface area contributed by atoms with E-state index in [2.05, 4.69) is 15.3 Å². The van der Waals surface area contributed by atoms with Crippen LogP contribution in [0.1, 0.15) is 18.2 Å². The molecule has 5 heteroatoms. The van der Waals surface area contributed by atoms with E-state index in [0.29, 0.717) is 13.1 Å². The molecule has 2 rings (SSSR count). The zero-order valence-corrected chi connectivity index (χ0v) is 11.8. The second-order valence-electron chi connectivity index (χ2n) is 4.59. The quantitative estimate of drug-likeness (QED) is 0.878. The Morgan fingerprint density at radius 3 is 2.85 bits per heavy atom. The molecule has 2 heterocycles. The molecule has 1 N–H and O–H groups in total. The van der Waals surface area contributed by atoms with Crippen LogP contribution in [0.3, 0.4) is 0 Å². The minimum Gasteiger partial charge on any atom is -0.354 e. The molecular weight excluding hydrogens is 255 g/mol. The van der Waals surface area contributed by atoms with E-state index < -0.39 is 0 Å². The Kier molecular flexibility index (Phi) is 5.01. The maximum Gasteiger partial charge on any atom is 0.141 e. The molecule has 0 saturated heterocycles. The number of halogens is 1. The van der Waals surface area contributed by atoms with Gasteiger partial charge in [-0.3, -0.25) is 4.98 Å². The lowest BCUT2D eigenvalue weighted by atomic mass is 10.2. The molecule has 2 aromatic rings. The molecule has 0 amide bonds. The van der Waals surface area contributed by atoms with E-state index in [4.69, 9.17) is 0 Å². The predicted octanol–water partition coefficient (Wildman–Crippen LogP) is 2.36. The van der Waals surface area contributed by atoms with Gasteiger partial charge in [-0.1, -0.05) is 13.0 Å². The van der Waals surface area contributed by atoms with Gasteiger partial charge in [-0.15, -0.1) is 0 Å². The van der Waals surface area contributed by atoms with Gasteiger partial charge in [-0.2, -0.15) is 0 Å². The van der Waals surface area contributed by atoms with E-state index in [1.54, 1.807) is 6.20 Å². The molecule has 0 unspecified atom stereocenters. The van der Waals surface area contributed by atoms with Gasteiger partial charge in [-0.05, 0) is 24.7 Å². The standard InChI is InChI=1S/C15H19FN4/c1-3-17-9-12-8-13(16)10-19-15(12)20(2)11-14-6-4-5-7-18-14/h4-8,10,17H,3,9,11H2,1-2H3. The third-order valence-corrected chi connectivity index (χ3v) is 2.96. The van der Waals surface area contributed by atoms with Gasteiger partial charge in [0, 0.05) is 25.4 Å². The summed E-state index contributed by atoms with van der Waals surface area (Å²) in [7, 11) is 1.93. The van der Waals surface area contributed by atoms with E-state index in [1.807, 2.05) is 37.1 Å². The third kappa shape index (κ3) is 3.74. The van der Waals surface area contributed by atoms with Crippen molar-refractivity contribution >= 4 is 5.82 Å². The smallest absolute Gasteiger partial charge is 0.141 e. The van der Waals surface area contributed by atoms with Crippen LogP contribution in [0.25, 0.3) is 0 Å². The molecule has 0 aromatic carbocycles. The zero-order chi connectivity index (χ0) is 14.4. The highest BCUT2D eigenvalue weighted by Crippen LogP contribution is 2.18. The normalized spacial score (nSPS) is 10.6. The van der Waals surface area contributed by atoms with Crippen LogP contribution in [-0.2, 0) is 13.1 Å². The van der Waals surface area contributed by atoms with E-state index in [-0.39, 0.29) is 5.82 Å². The molecule has 0 radical (unpaired) electrons. The Hall–Kier alpha value is -2.01. The molecule has 0 aliphatic heterocycles. The van der Waals surface area contributed by atoms with Crippen molar-refractivity contribution < 1.29 is 4.39 Å². The molecule has 0 bridgehead atoms. The van der Waals surface area contributed by atoms with Crippen LogP contribution in [-0.4, -0.2) is 23.6 Å². The molecule has 2 aromatic heterocycles. The fourth-order valence-electron chi connectivity index (χ4n) is 2.02. The van der Waals surface area contributed by atoms with Crippen LogP contribution in [0.5, 0.6) is 0 Å². The Bertz CT molecular complexity index is 545. The van der Waals surface area contributed by atoms with Crippen molar-refractivity contribution in [2.45, 2.75) is 20.0 Å². The van der Waals surface area contributed by atoms with Crippen molar-refractivity contribution in [1.29, 1.82) is 0 Å². The van der Waals surface area contributed by atoms with Crippen molar-refractivity contribution in [3.63, 3.8) is 0 Å². The van der Waals surface area contributed by atoms with Crippen molar-refractivity contribution in [1.82, 2.24) is 15.3 Å². The van der Waals surface area contributed by atoms with Gasteiger partial charge in [0.2, 0.25) is 0 Å². The maximum absolute atomic E-state index is 13.3. The molecule has 0 atom stereocenters. The number of rotatable bonds is 6. The summed E-state index contributed by atoms with van der Waals surface area (Å²) in [6.07, 6.45) is 3.01. The minimum atomic E-state index is -0.312. The zero-order valence-electron chi connectivity index (χ0n) is 11.8. The van der Waals surface area contributed by atoms with E-state index >= 15 is 0 Å². The molecule has 106 valence electrons. The molecular formula is C15H19FN4. The number of anilines is 1. The molecule has 0 aliphatic rings. The Morgan fingerprint density at radius 2 is 2.15 bits per heavy atom. The Balaban J connectivity index is 2.18. The van der Waals surface area contributed by atoms with Gasteiger partial charge in [-0.25, -0.2) is 9.37 Å². The van der Waals surface area contributed by atoms with Crippen molar-refractivity contribution in [3.8, 4) is 0 Å². The van der Waals surface area contributed by atoms with Crippen LogP contribution in [0.4, 0.5) is 10.2 Å². The lowest BCUT2D eigenvalue weighted by molar-refractivity contribution is 0.613. The summed E-state index contributed by atoms with van der Waals surface area (Å²) in [4.78, 5) is 10.5. The monoisotopic (exact) mass is 274 g/mol. The third-order valence-electron chi connectivity index (χ3n) is 2.96. The first kappa shape index (κ1) is 14.4. The summed E-state index contributed by atoms with van der Waals surface area (Å²) in [6.45, 7) is 4.09. The molecule has 4 nitrogen and oxygen atoms in total. The SMILES string of the molecule is CCNCc1cc(F)cnc1N(C)Cc1ccccn1. The Labute approximate surface area is 118 Å². The van der Waals surface area contributed by atoms with Crippen molar-refractivity contribution in [2.24, 2.45) is 0 Å². The van der Waals surface area contributed by atoms with E-state index in [1.165, 1.54) is 12.3 Å². The molecule has 0 spiro atoms. The Morgan fingerprint density at radius 1 is 1.30 bits per heavy atom. The van der Waals surface area contributed by atoms with Gasteiger partial charge < -0.3 is 10.2 Å². The second kappa shape index (κ2) is 6.96. The van der Waals surface area contributed by atoms with Crippen molar-refractivity contribution in [2.75, 3.05) is 18.5 Å². The molecule has 20 heavy (non-hydrogen) atoms. The summed E-state index contributed by atoms with van der Waals surface area (Å²) in [5.41, 5.74) is 1.81. The van der Waals surface area contributed by atoms with Crippen LogP contribution < -0.4 is 10.2 Å². The van der Waals surface area contributed by atoms with Gasteiger partial charge in [0.05, 0.1) is 18.4 Å². The van der Waals surface area contributed by atoms with Gasteiger partial charge in [0.15, 0.2) is 0 Å². The van der Waals surface area contributed by atoms with Crippen LogP contribution in [0.2, 0.25) is 0 Å². The van der Waals surface area contributed by atoms with Crippen LogP contribution in [0.15, 0.2) is 36.7 Å². The number of hydrogen-bond donors (Lipinski definition) is 1. The molecule has 0 saturated carbocycles. The summed E-state index contributed by atoms with van der Waals surface area (Å²) in [5.74, 6) is 0.464. The summed E-state index contributed by atoms with van der Waals surface area (Å²) < 4.78 is 13.3. The number of hydrogen-bond acceptors (Lipinski definition) is 4. The first-order valence-electron chi connectivity index (χ1n) is 6.67. The number of aromatic nitrogens is 2. The van der Waals surface area contributed by atoms with Crippen LogP contribution in [0, 0.1) is 5.82 Å². The largest absolute Gasteiger partial charge is 0.354 e. The lowest BCUT2D eigenvalue weighted by Crippen LogP contribution is -2.22. The molecule has 0 fully saturated rings. The number of nitrogens with one attached hydrogen (secondary N) is 1. The lowest BCUT2D eigenvalue weighted by Gasteiger charge is -2.21. The summed E-state index contributed by atoms with van der Waals surface area (Å²) >= 11 is 0. The van der Waals surface area contributed by atoms with Crippen molar-refractivity contribution in [3.05, 3.63) is 53.7 Å². The fourth-order valence-corrected chi connectivity index (χ4v) is 2.02. The van der Waals surface area contributed by atoms with Gasteiger partial charge in [0.25, 0.3) is 0 Å². The molecule has 0 aliphatic carbocycles. The first-order chi connectivity index (χ1) is 9.70. The predicted molar refractivity (Wildman–Crippen MR) is 77.9 cm³/mol. The number of pyridine rings is 2. The van der Waals surface area contributed by atoms with Crippen LogP contribution >= 0.6 is 0 Å². The maximum atomic E-state index is 13.3. The highest BCUT2D eigenvalue weighted by Gasteiger charge is 2.11. The summed E-state index contributed by atoms with van der Waals surface area (Å²) in [6, 6.07) is 7.33.